The van der Waals surface area contributed by atoms with Crippen molar-refractivity contribution < 1.29 is 14.3 Å². The van der Waals surface area contributed by atoms with Gasteiger partial charge in [0, 0.05) is 18.6 Å². The van der Waals surface area contributed by atoms with Crippen molar-refractivity contribution in [1.82, 2.24) is 10.2 Å². The Morgan fingerprint density at radius 2 is 2.28 bits per heavy atom. The highest BCUT2D eigenvalue weighted by Crippen LogP contribution is 2.49. The van der Waals surface area contributed by atoms with E-state index >= 15 is 0 Å². The fraction of sp³-hybridized carbons (Fsp3) is 0.615. The molecule has 1 N–H and O–H groups in total. The largest absolute Gasteiger partial charge is 0.478 e. The van der Waals surface area contributed by atoms with Gasteiger partial charge in [0.2, 0.25) is 11.8 Å². The first-order chi connectivity index (χ1) is 8.70. The van der Waals surface area contributed by atoms with E-state index in [-0.39, 0.29) is 5.89 Å². The monoisotopic (exact) mass is 248 g/mol. The third-order valence-corrected chi connectivity index (χ3v) is 4.17. The second-order valence-corrected chi connectivity index (χ2v) is 5.34. The van der Waals surface area contributed by atoms with Crippen molar-refractivity contribution in [2.75, 3.05) is 0 Å². The Balaban J connectivity index is 1.62. The van der Waals surface area contributed by atoms with E-state index in [4.69, 9.17) is 9.52 Å². The minimum Gasteiger partial charge on any atom is -0.478 e. The average Bonchev–Trinajstić information content (AvgIpc) is 3.02. The number of carbonyl (C=O) groups is 1. The summed E-state index contributed by atoms with van der Waals surface area (Å²) < 4.78 is 5.43. The van der Waals surface area contributed by atoms with Gasteiger partial charge < -0.3 is 9.52 Å². The smallest absolute Gasteiger partial charge is 0.328 e. The lowest BCUT2D eigenvalue weighted by atomic mass is 9.86. The summed E-state index contributed by atoms with van der Waals surface area (Å²) in [6.07, 6.45) is 8.56. The van der Waals surface area contributed by atoms with Crippen LogP contribution in [0.3, 0.4) is 0 Å². The molecule has 3 atom stereocenters. The number of hydrogen-bond acceptors (Lipinski definition) is 4. The molecular formula is C13H16N2O3. The van der Waals surface area contributed by atoms with E-state index in [0.29, 0.717) is 11.8 Å². The van der Waals surface area contributed by atoms with Gasteiger partial charge in [-0.3, -0.25) is 0 Å². The van der Waals surface area contributed by atoms with Crippen molar-refractivity contribution in [3.05, 3.63) is 17.9 Å². The average molecular weight is 248 g/mol. The van der Waals surface area contributed by atoms with Gasteiger partial charge >= 0.3 is 5.97 Å². The standard InChI is InChI=1S/C13H16N2O3/c16-13(17)4-3-11-14-15-12(18-11)7-10-6-8-1-2-9(10)5-8/h3-4,8-10H,1-2,5-7H2,(H,16,17)/b4-3+. The van der Waals surface area contributed by atoms with Crippen molar-refractivity contribution in [1.29, 1.82) is 0 Å². The summed E-state index contributed by atoms with van der Waals surface area (Å²) in [6, 6.07) is 0. The van der Waals surface area contributed by atoms with E-state index < -0.39 is 5.97 Å². The molecule has 3 unspecified atom stereocenters. The maximum atomic E-state index is 10.4. The molecule has 96 valence electrons. The molecular weight excluding hydrogens is 232 g/mol. The highest BCUT2D eigenvalue weighted by atomic mass is 16.4. The highest BCUT2D eigenvalue weighted by Gasteiger charge is 2.39. The van der Waals surface area contributed by atoms with Crippen LogP contribution < -0.4 is 0 Å². The van der Waals surface area contributed by atoms with Crippen LogP contribution in [0, 0.1) is 17.8 Å². The van der Waals surface area contributed by atoms with E-state index in [1.54, 1.807) is 0 Å². The number of hydrogen-bond donors (Lipinski definition) is 1. The van der Waals surface area contributed by atoms with Crippen molar-refractivity contribution >= 4 is 12.0 Å². The lowest BCUT2D eigenvalue weighted by Crippen LogP contribution is -2.13. The zero-order valence-corrected chi connectivity index (χ0v) is 10.1. The Labute approximate surface area is 105 Å². The summed E-state index contributed by atoms with van der Waals surface area (Å²) in [7, 11) is 0. The fourth-order valence-electron chi connectivity index (χ4n) is 3.41. The van der Waals surface area contributed by atoms with Crippen LogP contribution in [0.5, 0.6) is 0 Å². The topological polar surface area (TPSA) is 76.2 Å². The van der Waals surface area contributed by atoms with Gasteiger partial charge in [0.05, 0.1) is 0 Å². The summed E-state index contributed by atoms with van der Waals surface area (Å²) in [6.45, 7) is 0. The maximum absolute atomic E-state index is 10.4. The molecule has 2 aliphatic rings. The predicted octanol–water partition coefficient (Wildman–Crippen LogP) is 2.15. The molecule has 3 rings (SSSR count). The van der Waals surface area contributed by atoms with Crippen LogP contribution in [0.1, 0.15) is 37.5 Å². The van der Waals surface area contributed by atoms with Crippen LogP contribution in [0.15, 0.2) is 10.5 Å². The lowest BCUT2D eigenvalue weighted by molar-refractivity contribution is -0.131. The van der Waals surface area contributed by atoms with E-state index in [2.05, 4.69) is 10.2 Å². The van der Waals surface area contributed by atoms with Gasteiger partial charge in [-0.25, -0.2) is 4.79 Å². The molecule has 5 heteroatoms. The molecule has 1 aromatic heterocycles. The Morgan fingerprint density at radius 3 is 2.94 bits per heavy atom. The molecule has 2 aliphatic carbocycles. The Hall–Kier alpha value is -1.65. The fourth-order valence-corrected chi connectivity index (χ4v) is 3.41. The Morgan fingerprint density at radius 1 is 1.39 bits per heavy atom. The molecule has 18 heavy (non-hydrogen) atoms. The number of nitrogens with zero attached hydrogens (tertiary/aromatic N) is 2. The molecule has 0 aliphatic heterocycles. The van der Waals surface area contributed by atoms with E-state index in [0.717, 1.165) is 24.3 Å². The zero-order chi connectivity index (χ0) is 12.5. The highest BCUT2D eigenvalue weighted by molar-refractivity contribution is 5.84. The van der Waals surface area contributed by atoms with Crippen molar-refractivity contribution in [2.45, 2.75) is 32.1 Å². The molecule has 2 fully saturated rings. The van der Waals surface area contributed by atoms with E-state index in [1.807, 2.05) is 0 Å². The van der Waals surface area contributed by atoms with Crippen molar-refractivity contribution in [3.63, 3.8) is 0 Å². The predicted molar refractivity (Wildman–Crippen MR) is 63.6 cm³/mol. The van der Waals surface area contributed by atoms with Crippen LogP contribution in [-0.4, -0.2) is 21.3 Å². The summed E-state index contributed by atoms with van der Waals surface area (Å²) in [4.78, 5) is 10.4. The minimum atomic E-state index is -1.01. The molecule has 2 saturated carbocycles. The van der Waals surface area contributed by atoms with Gasteiger partial charge in [-0.2, -0.15) is 0 Å². The number of aromatic nitrogens is 2. The molecule has 2 bridgehead atoms. The van der Waals surface area contributed by atoms with Crippen molar-refractivity contribution in [3.8, 4) is 0 Å². The third kappa shape index (κ3) is 2.30. The van der Waals surface area contributed by atoms with Crippen molar-refractivity contribution in [2.24, 2.45) is 17.8 Å². The number of carboxylic acid groups (broad SMARTS) is 1. The molecule has 0 aromatic carbocycles. The van der Waals surface area contributed by atoms with E-state index in [9.17, 15) is 4.79 Å². The quantitative estimate of drug-likeness (QED) is 0.826. The maximum Gasteiger partial charge on any atom is 0.328 e. The first-order valence-electron chi connectivity index (χ1n) is 6.44. The van der Waals surface area contributed by atoms with Crippen LogP contribution in [0.25, 0.3) is 6.08 Å². The molecule has 1 aromatic rings. The zero-order valence-electron chi connectivity index (χ0n) is 10.1. The van der Waals surface area contributed by atoms with Gasteiger partial charge in [0.1, 0.15) is 0 Å². The molecule has 0 saturated heterocycles. The third-order valence-electron chi connectivity index (χ3n) is 4.17. The first kappa shape index (κ1) is 11.4. The molecule has 5 nitrogen and oxygen atoms in total. The van der Waals surface area contributed by atoms with Crippen LogP contribution in [0.4, 0.5) is 0 Å². The number of rotatable bonds is 4. The Bertz CT molecular complexity index is 480. The molecule has 0 amide bonds. The van der Waals surface area contributed by atoms with Gasteiger partial charge in [-0.15, -0.1) is 10.2 Å². The second-order valence-electron chi connectivity index (χ2n) is 5.34. The molecule has 0 radical (unpaired) electrons. The SMILES string of the molecule is O=C(O)/C=C/c1nnc(CC2CC3CCC2C3)o1. The summed E-state index contributed by atoms with van der Waals surface area (Å²) >= 11 is 0. The van der Waals surface area contributed by atoms with Crippen LogP contribution in [-0.2, 0) is 11.2 Å². The first-order valence-corrected chi connectivity index (χ1v) is 6.44. The number of fused-ring (bicyclic) bond motifs is 2. The van der Waals surface area contributed by atoms with Gasteiger partial charge in [0.15, 0.2) is 0 Å². The molecule has 1 heterocycles. The number of carboxylic acids is 1. The number of aliphatic carboxylic acids is 1. The van der Waals surface area contributed by atoms with Crippen LogP contribution >= 0.6 is 0 Å². The van der Waals surface area contributed by atoms with Gasteiger partial charge in [-0.05, 0) is 37.0 Å². The summed E-state index contributed by atoms with van der Waals surface area (Å²) in [5.41, 5.74) is 0. The summed E-state index contributed by atoms with van der Waals surface area (Å²) in [5, 5.41) is 16.3. The lowest BCUT2D eigenvalue weighted by Gasteiger charge is -2.19. The summed E-state index contributed by atoms with van der Waals surface area (Å²) in [5.74, 6) is 2.32. The molecule has 0 spiro atoms. The van der Waals surface area contributed by atoms with Gasteiger partial charge in [-0.1, -0.05) is 6.42 Å². The minimum absolute atomic E-state index is 0.274. The van der Waals surface area contributed by atoms with E-state index in [1.165, 1.54) is 31.8 Å². The van der Waals surface area contributed by atoms with Crippen LogP contribution in [0.2, 0.25) is 0 Å². The van der Waals surface area contributed by atoms with Gasteiger partial charge in [0.25, 0.3) is 0 Å². The normalized spacial score (nSPS) is 30.3. The Kier molecular flexibility index (Phi) is 2.89. The second kappa shape index (κ2) is 4.55.